The first-order valence-electron chi connectivity index (χ1n) is 8.97. The van der Waals surface area contributed by atoms with Gasteiger partial charge in [0.05, 0.1) is 25.3 Å². The first-order valence-corrected chi connectivity index (χ1v) is 9.34. The molecule has 0 radical (unpaired) electrons. The Hall–Kier alpha value is -2.51. The molecule has 3 atom stereocenters. The number of halogens is 1. The number of likely N-dealkylation sites (N-methyl/N-ethyl adjacent to an activating group) is 1. The highest BCUT2D eigenvalue weighted by atomic mass is 35.5. The Morgan fingerprint density at radius 3 is 2.75 bits per heavy atom. The smallest absolute Gasteiger partial charge is 0.326 e. The fraction of sp³-hybridized carbons (Fsp3) is 0.400. The molecule has 2 aromatic rings. The molecule has 28 heavy (non-hydrogen) atoms. The van der Waals surface area contributed by atoms with Gasteiger partial charge in [-0.3, -0.25) is 14.5 Å². The second kappa shape index (κ2) is 8.24. The normalized spacial score (nSPS) is 24.7. The Kier molecular flexibility index (Phi) is 5.96. The van der Waals surface area contributed by atoms with Crippen molar-refractivity contribution in [2.45, 2.75) is 31.5 Å². The second-order valence-electron chi connectivity index (χ2n) is 7.07. The minimum Gasteiger partial charge on any atom is -0.468 e. The zero-order chi connectivity index (χ0) is 20.3. The second-order valence-corrected chi connectivity index (χ2v) is 7.48. The molecule has 148 valence electrons. The Morgan fingerprint density at radius 1 is 1.36 bits per heavy atom. The van der Waals surface area contributed by atoms with Crippen LogP contribution in [0, 0.1) is 5.92 Å². The Bertz CT molecular complexity index is 864. The predicted molar refractivity (Wildman–Crippen MR) is 104 cm³/mol. The number of likely N-dealkylation sites (tertiary alicyclic amines) is 1. The number of methoxy groups -OCH3 is 1. The van der Waals surface area contributed by atoms with E-state index in [0.717, 1.165) is 5.56 Å². The number of carbonyl (C=O) groups is 2. The van der Waals surface area contributed by atoms with Crippen LogP contribution >= 0.6 is 11.6 Å². The van der Waals surface area contributed by atoms with Crippen molar-refractivity contribution >= 4 is 23.5 Å². The van der Waals surface area contributed by atoms with E-state index in [1.54, 1.807) is 25.3 Å². The number of hydrogen-bond donors (Lipinski definition) is 1. The molecule has 7 nitrogen and oxygen atoms in total. The molecule has 0 spiro atoms. The average molecular weight is 403 g/mol. The molecule has 1 amide bonds. The van der Waals surface area contributed by atoms with Crippen LogP contribution in [0.1, 0.15) is 30.6 Å². The summed E-state index contributed by atoms with van der Waals surface area (Å²) in [4.78, 5) is 35.5. The van der Waals surface area contributed by atoms with Crippen molar-refractivity contribution in [3.8, 4) is 0 Å². The van der Waals surface area contributed by atoms with Gasteiger partial charge in [0.1, 0.15) is 11.9 Å². The molecular formula is C20H23ClN4O3. The maximum atomic E-state index is 13.1. The minimum absolute atomic E-state index is 0.164. The molecule has 3 rings (SSSR count). The lowest BCUT2D eigenvalue weighted by Crippen LogP contribution is -2.47. The number of carbonyl (C=O) groups excluding carboxylic acids is 2. The summed E-state index contributed by atoms with van der Waals surface area (Å²) in [5.74, 6) is -1.02. The Morgan fingerprint density at radius 2 is 2.11 bits per heavy atom. The number of ether oxygens (including phenoxy) is 1. The summed E-state index contributed by atoms with van der Waals surface area (Å²) in [7, 11) is 3.18. The number of benzene rings is 1. The van der Waals surface area contributed by atoms with Gasteiger partial charge in [0, 0.05) is 17.3 Å². The highest BCUT2D eigenvalue weighted by Crippen LogP contribution is 2.47. The molecule has 1 aliphatic heterocycles. The van der Waals surface area contributed by atoms with Crippen molar-refractivity contribution in [3.05, 3.63) is 59.1 Å². The lowest BCUT2D eigenvalue weighted by atomic mass is 9.89. The van der Waals surface area contributed by atoms with Crippen molar-refractivity contribution < 1.29 is 14.3 Å². The maximum Gasteiger partial charge on any atom is 0.326 e. The lowest BCUT2D eigenvalue weighted by Gasteiger charge is -2.33. The molecule has 0 aliphatic carbocycles. The van der Waals surface area contributed by atoms with Gasteiger partial charge in [0.2, 0.25) is 5.91 Å². The number of nitrogens with one attached hydrogen (secondary N) is 1. The summed E-state index contributed by atoms with van der Waals surface area (Å²) in [6.07, 6.45) is 3.38. The number of rotatable bonds is 5. The summed E-state index contributed by atoms with van der Waals surface area (Å²) < 4.78 is 5.02. The van der Waals surface area contributed by atoms with Crippen molar-refractivity contribution in [1.82, 2.24) is 20.2 Å². The summed E-state index contributed by atoms with van der Waals surface area (Å²) in [6, 6.07) is 8.77. The number of hydrogen-bond acceptors (Lipinski definition) is 6. The molecular weight excluding hydrogens is 380 g/mol. The first kappa shape index (κ1) is 20.2. The highest BCUT2D eigenvalue weighted by molar-refractivity contribution is 6.31. The van der Waals surface area contributed by atoms with E-state index in [1.165, 1.54) is 13.4 Å². The molecule has 0 saturated carbocycles. The van der Waals surface area contributed by atoms with E-state index in [4.69, 9.17) is 16.3 Å². The van der Waals surface area contributed by atoms with E-state index < -0.39 is 11.5 Å². The van der Waals surface area contributed by atoms with Crippen LogP contribution in [0.15, 0.2) is 42.9 Å². The van der Waals surface area contributed by atoms with Crippen molar-refractivity contribution in [1.29, 1.82) is 0 Å². The predicted octanol–water partition coefficient (Wildman–Crippen LogP) is 2.37. The molecule has 1 N–H and O–H groups in total. The topological polar surface area (TPSA) is 84.4 Å². The quantitative estimate of drug-likeness (QED) is 0.773. The molecule has 1 aromatic heterocycles. The van der Waals surface area contributed by atoms with Crippen LogP contribution in [0.3, 0.4) is 0 Å². The molecule has 8 heteroatoms. The van der Waals surface area contributed by atoms with E-state index in [2.05, 4.69) is 15.3 Å². The number of amides is 1. The summed E-state index contributed by atoms with van der Waals surface area (Å²) in [5.41, 5.74) is 0.580. The third-order valence-electron chi connectivity index (χ3n) is 5.47. The van der Waals surface area contributed by atoms with Gasteiger partial charge in [-0.15, -0.1) is 0 Å². The third kappa shape index (κ3) is 3.72. The molecule has 1 aliphatic rings. The Labute approximate surface area is 169 Å². The van der Waals surface area contributed by atoms with Crippen LogP contribution in [-0.2, 0) is 20.9 Å². The monoisotopic (exact) mass is 402 g/mol. The molecule has 0 unspecified atom stereocenters. The molecule has 2 heterocycles. The van der Waals surface area contributed by atoms with E-state index in [9.17, 15) is 9.59 Å². The van der Waals surface area contributed by atoms with E-state index in [1.807, 2.05) is 30.1 Å². The van der Waals surface area contributed by atoms with Crippen LogP contribution in [-0.4, -0.2) is 46.4 Å². The average Bonchev–Trinajstić information content (AvgIpc) is 2.99. The van der Waals surface area contributed by atoms with E-state index in [0.29, 0.717) is 17.1 Å². The van der Waals surface area contributed by atoms with Crippen LogP contribution in [0.5, 0.6) is 0 Å². The van der Waals surface area contributed by atoms with Crippen LogP contribution in [0.2, 0.25) is 5.02 Å². The van der Waals surface area contributed by atoms with Crippen molar-refractivity contribution in [2.75, 3.05) is 14.2 Å². The standard InChI is InChI=1S/C20H23ClN4O3/c1-20(19(27)28-3)10-15(18(26)23-11-13-8-9-22-12-24-13)17(25(20)2)14-6-4-5-7-16(14)21/h4-9,12,15,17H,10-11H2,1-3H3,(H,23,26)/t15-,17-,20-/m1/s1. The van der Waals surface area contributed by atoms with Gasteiger partial charge in [-0.25, -0.2) is 9.97 Å². The number of aromatic nitrogens is 2. The zero-order valence-electron chi connectivity index (χ0n) is 16.1. The highest BCUT2D eigenvalue weighted by Gasteiger charge is 2.55. The first-order chi connectivity index (χ1) is 13.4. The van der Waals surface area contributed by atoms with Gasteiger partial charge in [0.25, 0.3) is 0 Å². The van der Waals surface area contributed by atoms with Crippen LogP contribution < -0.4 is 5.32 Å². The lowest BCUT2D eigenvalue weighted by molar-refractivity contribution is -0.152. The summed E-state index contributed by atoms with van der Waals surface area (Å²) >= 11 is 6.43. The molecule has 1 fully saturated rings. The fourth-order valence-corrected chi connectivity index (χ4v) is 4.06. The largest absolute Gasteiger partial charge is 0.468 e. The third-order valence-corrected chi connectivity index (χ3v) is 5.81. The molecule has 0 bridgehead atoms. The van der Waals surface area contributed by atoms with Gasteiger partial charge in [0.15, 0.2) is 0 Å². The summed E-state index contributed by atoms with van der Waals surface area (Å²) in [5, 5.41) is 3.48. The SMILES string of the molecule is COC(=O)[C@@]1(C)C[C@@H](C(=O)NCc2ccncn2)[C@@H](c2ccccc2Cl)N1C. The van der Waals surface area contributed by atoms with Crippen LogP contribution in [0.25, 0.3) is 0 Å². The van der Waals surface area contributed by atoms with Gasteiger partial charge in [-0.1, -0.05) is 29.8 Å². The van der Waals surface area contributed by atoms with Gasteiger partial charge in [-0.05, 0) is 38.1 Å². The molecule has 1 aromatic carbocycles. The van der Waals surface area contributed by atoms with E-state index >= 15 is 0 Å². The van der Waals surface area contributed by atoms with Crippen molar-refractivity contribution in [3.63, 3.8) is 0 Å². The minimum atomic E-state index is -0.935. The van der Waals surface area contributed by atoms with Gasteiger partial charge < -0.3 is 10.1 Å². The number of nitrogens with zero attached hydrogens (tertiary/aromatic N) is 3. The zero-order valence-corrected chi connectivity index (χ0v) is 16.8. The van der Waals surface area contributed by atoms with Gasteiger partial charge in [-0.2, -0.15) is 0 Å². The molecule has 1 saturated heterocycles. The Balaban J connectivity index is 1.90. The van der Waals surface area contributed by atoms with Crippen molar-refractivity contribution in [2.24, 2.45) is 5.92 Å². The number of esters is 1. The van der Waals surface area contributed by atoms with Crippen LogP contribution in [0.4, 0.5) is 0 Å². The fourth-order valence-electron chi connectivity index (χ4n) is 3.82. The van der Waals surface area contributed by atoms with E-state index in [-0.39, 0.29) is 24.5 Å². The maximum absolute atomic E-state index is 13.1. The summed E-state index contributed by atoms with van der Waals surface area (Å²) in [6.45, 7) is 2.08. The van der Waals surface area contributed by atoms with Gasteiger partial charge >= 0.3 is 5.97 Å².